The zero-order valence-corrected chi connectivity index (χ0v) is 18.4. The van der Waals surface area contributed by atoms with Gasteiger partial charge in [-0.2, -0.15) is 5.10 Å². The third-order valence-corrected chi connectivity index (χ3v) is 6.05. The van der Waals surface area contributed by atoms with Crippen molar-refractivity contribution < 1.29 is 14.0 Å². The Bertz CT molecular complexity index is 1450. The highest BCUT2D eigenvalue weighted by Crippen LogP contribution is 2.16. The molecule has 4 aromatic rings. The molecule has 0 atom stereocenters. The Morgan fingerprint density at radius 2 is 1.79 bits per heavy atom. The number of piperazine rings is 1. The average molecular weight is 463 g/mol. The Kier molecular flexibility index (Phi) is 5.44. The van der Waals surface area contributed by atoms with Crippen molar-refractivity contribution in [2.75, 3.05) is 26.2 Å². The van der Waals surface area contributed by atoms with E-state index in [4.69, 9.17) is 0 Å². The molecule has 34 heavy (non-hydrogen) atoms. The van der Waals surface area contributed by atoms with E-state index in [2.05, 4.69) is 15.2 Å². The lowest BCUT2D eigenvalue weighted by Gasteiger charge is -2.34. The number of nitrogens with one attached hydrogen (secondary N) is 1. The Morgan fingerprint density at radius 3 is 2.56 bits per heavy atom. The van der Waals surface area contributed by atoms with Crippen LogP contribution in [0.25, 0.3) is 11.5 Å². The van der Waals surface area contributed by atoms with Crippen LogP contribution >= 0.6 is 0 Å². The van der Waals surface area contributed by atoms with Crippen molar-refractivity contribution in [3.05, 3.63) is 81.8 Å². The Labute approximate surface area is 193 Å². The van der Waals surface area contributed by atoms with Gasteiger partial charge in [-0.25, -0.2) is 13.6 Å². The summed E-state index contributed by atoms with van der Waals surface area (Å²) in [5, 5.41) is 8.60. The van der Waals surface area contributed by atoms with Crippen molar-refractivity contribution in [3.8, 4) is 5.95 Å². The summed E-state index contributed by atoms with van der Waals surface area (Å²) in [4.78, 5) is 44.0. The van der Waals surface area contributed by atoms with Crippen molar-refractivity contribution >= 4 is 17.3 Å². The maximum atomic E-state index is 13.9. The number of rotatable bonds is 4. The number of amides is 2. The van der Waals surface area contributed by atoms with Crippen molar-refractivity contribution in [2.45, 2.75) is 13.3 Å². The van der Waals surface area contributed by atoms with Crippen LogP contribution in [0.15, 0.2) is 53.6 Å². The standard InChI is InChI=1S/C23H22FN7O3/c1-15-17(14-25-31(15)23-26-21(33)19-7-4-8-30(19)27-23)22(34)29-11-9-28(10-12-29)20(32)13-16-5-2-3-6-18(16)24/h2-8,14H,9-13H2,1H3,(H,26,27,33). The molecule has 1 aliphatic heterocycles. The van der Waals surface area contributed by atoms with Gasteiger partial charge in [0.1, 0.15) is 11.3 Å². The van der Waals surface area contributed by atoms with Crippen LogP contribution in [0.3, 0.4) is 0 Å². The number of H-pyrrole nitrogens is 1. The molecule has 10 nitrogen and oxygen atoms in total. The van der Waals surface area contributed by atoms with E-state index in [1.54, 1.807) is 53.3 Å². The largest absolute Gasteiger partial charge is 0.339 e. The lowest BCUT2D eigenvalue weighted by molar-refractivity contribution is -0.132. The predicted octanol–water partition coefficient (Wildman–Crippen LogP) is 1.18. The van der Waals surface area contributed by atoms with Gasteiger partial charge in [0.05, 0.1) is 23.9 Å². The molecule has 5 rings (SSSR count). The van der Waals surface area contributed by atoms with Gasteiger partial charge in [-0.3, -0.25) is 19.4 Å². The fourth-order valence-corrected chi connectivity index (χ4v) is 4.11. The van der Waals surface area contributed by atoms with Crippen molar-refractivity contribution in [1.82, 2.24) is 34.2 Å². The first-order chi connectivity index (χ1) is 16.4. The summed E-state index contributed by atoms with van der Waals surface area (Å²) in [5.74, 6) is -0.580. The second-order valence-corrected chi connectivity index (χ2v) is 8.11. The number of nitrogens with zero attached hydrogens (tertiary/aromatic N) is 6. The summed E-state index contributed by atoms with van der Waals surface area (Å²) in [6.07, 6.45) is 3.10. The first-order valence-corrected chi connectivity index (χ1v) is 10.9. The molecule has 1 aromatic carbocycles. The van der Waals surface area contributed by atoms with Crippen LogP contribution in [-0.2, 0) is 11.2 Å². The maximum absolute atomic E-state index is 13.9. The highest BCUT2D eigenvalue weighted by atomic mass is 19.1. The highest BCUT2D eigenvalue weighted by molar-refractivity contribution is 5.95. The first kappa shape index (κ1) is 21.6. The molecule has 11 heteroatoms. The molecule has 0 spiro atoms. The van der Waals surface area contributed by atoms with Gasteiger partial charge in [0.2, 0.25) is 11.9 Å². The van der Waals surface area contributed by atoms with E-state index in [9.17, 15) is 18.8 Å². The normalized spacial score (nSPS) is 14.1. The van der Waals surface area contributed by atoms with Gasteiger partial charge < -0.3 is 9.80 Å². The number of hydrogen-bond donors (Lipinski definition) is 1. The van der Waals surface area contributed by atoms with Crippen LogP contribution in [-0.4, -0.2) is 72.2 Å². The van der Waals surface area contributed by atoms with E-state index in [1.165, 1.54) is 21.5 Å². The van der Waals surface area contributed by atoms with Gasteiger partial charge in [-0.05, 0) is 30.7 Å². The van der Waals surface area contributed by atoms with Crippen molar-refractivity contribution in [2.24, 2.45) is 0 Å². The maximum Gasteiger partial charge on any atom is 0.276 e. The second kappa shape index (κ2) is 8.58. The SMILES string of the molecule is Cc1c(C(=O)N2CCN(C(=O)Cc3ccccc3F)CC2)cnn1-c1nn2cccc2c(=O)[nH]1. The molecule has 0 bridgehead atoms. The molecule has 0 aliphatic carbocycles. The Hall–Kier alpha value is -4.28. The lowest BCUT2D eigenvalue weighted by Crippen LogP contribution is -2.51. The summed E-state index contributed by atoms with van der Waals surface area (Å²) < 4.78 is 16.7. The molecule has 1 fully saturated rings. The molecule has 4 heterocycles. The summed E-state index contributed by atoms with van der Waals surface area (Å²) in [6.45, 7) is 3.18. The van der Waals surface area contributed by atoms with E-state index >= 15 is 0 Å². The van der Waals surface area contributed by atoms with E-state index in [0.29, 0.717) is 48.5 Å². The van der Waals surface area contributed by atoms with Crippen molar-refractivity contribution in [3.63, 3.8) is 0 Å². The third kappa shape index (κ3) is 3.85. The fourth-order valence-electron chi connectivity index (χ4n) is 4.11. The number of aromatic amines is 1. The molecular weight excluding hydrogens is 441 g/mol. The van der Waals surface area contributed by atoms with Crippen LogP contribution in [0.5, 0.6) is 0 Å². The Balaban J connectivity index is 1.27. The molecule has 0 radical (unpaired) electrons. The van der Waals surface area contributed by atoms with E-state index < -0.39 is 5.82 Å². The van der Waals surface area contributed by atoms with Gasteiger partial charge in [0, 0.05) is 32.4 Å². The number of halogens is 1. The van der Waals surface area contributed by atoms with Crippen LogP contribution in [0, 0.1) is 12.7 Å². The number of hydrogen-bond acceptors (Lipinski definition) is 5. The van der Waals surface area contributed by atoms with E-state index in [1.807, 2.05) is 0 Å². The summed E-state index contributed by atoms with van der Waals surface area (Å²) >= 11 is 0. The van der Waals surface area contributed by atoms with Gasteiger partial charge in [-0.15, -0.1) is 5.10 Å². The molecule has 1 N–H and O–H groups in total. The lowest BCUT2D eigenvalue weighted by atomic mass is 10.1. The topological polar surface area (TPSA) is 109 Å². The predicted molar refractivity (Wildman–Crippen MR) is 120 cm³/mol. The minimum absolute atomic E-state index is 0.0105. The fraction of sp³-hybridized carbons (Fsp3) is 0.261. The Morgan fingerprint density at radius 1 is 1.06 bits per heavy atom. The second-order valence-electron chi connectivity index (χ2n) is 8.11. The first-order valence-electron chi connectivity index (χ1n) is 10.9. The zero-order chi connectivity index (χ0) is 23.8. The van der Waals surface area contributed by atoms with Gasteiger partial charge in [0.25, 0.3) is 11.5 Å². The number of carbonyl (C=O) groups is 2. The van der Waals surface area contributed by atoms with Crippen LogP contribution in [0.4, 0.5) is 4.39 Å². The number of benzene rings is 1. The highest BCUT2D eigenvalue weighted by Gasteiger charge is 2.27. The molecule has 0 saturated carbocycles. The number of carbonyl (C=O) groups excluding carboxylic acids is 2. The number of aromatic nitrogens is 5. The molecule has 174 valence electrons. The zero-order valence-electron chi connectivity index (χ0n) is 18.4. The van der Waals surface area contributed by atoms with Gasteiger partial charge in [-0.1, -0.05) is 18.2 Å². The van der Waals surface area contributed by atoms with Crippen LogP contribution in [0.1, 0.15) is 21.6 Å². The molecular formula is C23H22FN7O3. The third-order valence-electron chi connectivity index (χ3n) is 6.05. The van der Waals surface area contributed by atoms with Gasteiger partial charge >= 0.3 is 0 Å². The van der Waals surface area contributed by atoms with Crippen LogP contribution in [0.2, 0.25) is 0 Å². The molecule has 0 unspecified atom stereocenters. The minimum Gasteiger partial charge on any atom is -0.339 e. The summed E-state index contributed by atoms with van der Waals surface area (Å²) in [7, 11) is 0. The molecule has 1 aliphatic rings. The molecule has 2 amide bonds. The quantitative estimate of drug-likeness (QED) is 0.489. The van der Waals surface area contributed by atoms with Gasteiger partial charge in [0.15, 0.2) is 0 Å². The van der Waals surface area contributed by atoms with E-state index in [0.717, 1.165) is 0 Å². The van der Waals surface area contributed by atoms with Crippen LogP contribution < -0.4 is 5.56 Å². The smallest absolute Gasteiger partial charge is 0.276 e. The average Bonchev–Trinajstić information content (AvgIpc) is 3.47. The van der Waals surface area contributed by atoms with Crippen molar-refractivity contribution in [1.29, 1.82) is 0 Å². The minimum atomic E-state index is -0.399. The molecule has 3 aromatic heterocycles. The summed E-state index contributed by atoms with van der Waals surface area (Å²) in [5.41, 5.74) is 1.39. The monoisotopic (exact) mass is 463 g/mol. The molecule has 1 saturated heterocycles. The summed E-state index contributed by atoms with van der Waals surface area (Å²) in [6, 6.07) is 9.60. The number of fused-ring (bicyclic) bond motifs is 1. The van der Waals surface area contributed by atoms with E-state index in [-0.39, 0.29) is 29.7 Å².